The quantitative estimate of drug-likeness (QED) is 0.757. The molecule has 19 heavy (non-hydrogen) atoms. The van der Waals surface area contributed by atoms with Gasteiger partial charge >= 0.3 is 0 Å². The van der Waals surface area contributed by atoms with E-state index >= 15 is 0 Å². The van der Waals surface area contributed by atoms with Gasteiger partial charge in [-0.3, -0.25) is 4.98 Å². The fourth-order valence-electron chi connectivity index (χ4n) is 1.82. The summed E-state index contributed by atoms with van der Waals surface area (Å²) in [6, 6.07) is 9.27. The normalized spacial score (nSPS) is 10.6. The fourth-order valence-corrected chi connectivity index (χ4v) is 2.33. The maximum atomic E-state index is 6.16. The lowest BCUT2D eigenvalue weighted by Gasteiger charge is -2.05. The van der Waals surface area contributed by atoms with Crippen LogP contribution in [0.2, 0.25) is 10.0 Å². The van der Waals surface area contributed by atoms with Crippen LogP contribution in [0.5, 0.6) is 0 Å². The Kier molecular flexibility index (Phi) is 3.23. The number of hydrogen-bond acceptors (Lipinski definition) is 2. The van der Waals surface area contributed by atoms with Crippen molar-refractivity contribution in [2.75, 3.05) is 0 Å². The summed E-state index contributed by atoms with van der Waals surface area (Å²) >= 11 is 12.0. The number of rotatable bonds is 2. The molecule has 0 bridgehead atoms. The molecule has 0 amide bonds. The van der Waals surface area contributed by atoms with Crippen LogP contribution >= 0.6 is 23.2 Å². The molecule has 0 atom stereocenters. The second-order valence-electron chi connectivity index (χ2n) is 4.02. The lowest BCUT2D eigenvalue weighted by Crippen LogP contribution is -1.86. The summed E-state index contributed by atoms with van der Waals surface area (Å²) in [4.78, 5) is 11.4. The monoisotopic (exact) mass is 289 g/mol. The van der Waals surface area contributed by atoms with Crippen molar-refractivity contribution in [3.8, 4) is 22.5 Å². The number of halogens is 2. The van der Waals surface area contributed by atoms with Crippen molar-refractivity contribution in [1.29, 1.82) is 0 Å². The Morgan fingerprint density at radius 2 is 1.89 bits per heavy atom. The van der Waals surface area contributed by atoms with Crippen molar-refractivity contribution < 1.29 is 0 Å². The predicted octanol–water partition coefficient (Wildman–Crippen LogP) is 4.45. The number of nitrogens with zero attached hydrogens (tertiary/aromatic N) is 2. The summed E-state index contributed by atoms with van der Waals surface area (Å²) in [5, 5.41) is 1.21. The SMILES string of the molecule is Clc1ccc(-c2ccc(-c3cnc[nH]3)cn2)c(Cl)c1. The lowest BCUT2D eigenvalue weighted by atomic mass is 10.1. The van der Waals surface area contributed by atoms with Gasteiger partial charge in [-0.25, -0.2) is 4.98 Å². The molecule has 0 fully saturated rings. The molecule has 0 saturated carbocycles. The van der Waals surface area contributed by atoms with Crippen LogP contribution in [0.25, 0.3) is 22.5 Å². The maximum Gasteiger partial charge on any atom is 0.0924 e. The van der Waals surface area contributed by atoms with Crippen LogP contribution in [-0.2, 0) is 0 Å². The van der Waals surface area contributed by atoms with Gasteiger partial charge in [0.2, 0.25) is 0 Å². The number of aromatic amines is 1. The third kappa shape index (κ3) is 2.48. The average Bonchev–Trinajstić information content (AvgIpc) is 2.93. The van der Waals surface area contributed by atoms with Gasteiger partial charge in [0, 0.05) is 22.3 Å². The third-order valence-corrected chi connectivity index (χ3v) is 3.33. The molecule has 0 saturated heterocycles. The molecule has 3 nitrogen and oxygen atoms in total. The fraction of sp³-hybridized carbons (Fsp3) is 0. The summed E-state index contributed by atoms with van der Waals surface area (Å²) in [6.07, 6.45) is 5.18. The molecule has 1 aromatic carbocycles. The third-order valence-electron chi connectivity index (χ3n) is 2.78. The molecular formula is C14H9Cl2N3. The molecule has 3 rings (SSSR count). The number of hydrogen-bond donors (Lipinski definition) is 1. The minimum absolute atomic E-state index is 0.592. The standard InChI is InChI=1S/C14H9Cl2N3/c15-10-2-3-11(12(16)5-10)13-4-1-9(6-18-13)14-7-17-8-19-14/h1-8H,(H,17,19). The molecule has 0 aliphatic rings. The zero-order valence-corrected chi connectivity index (χ0v) is 11.3. The van der Waals surface area contributed by atoms with E-state index in [9.17, 15) is 0 Å². The summed E-state index contributed by atoms with van der Waals surface area (Å²) < 4.78 is 0. The van der Waals surface area contributed by atoms with Gasteiger partial charge in [0.1, 0.15) is 0 Å². The Balaban J connectivity index is 1.98. The van der Waals surface area contributed by atoms with Crippen LogP contribution < -0.4 is 0 Å². The highest BCUT2D eigenvalue weighted by Crippen LogP contribution is 2.29. The van der Waals surface area contributed by atoms with Gasteiger partial charge in [0.25, 0.3) is 0 Å². The molecule has 3 aromatic rings. The number of pyridine rings is 1. The first-order valence-electron chi connectivity index (χ1n) is 5.64. The zero-order valence-electron chi connectivity index (χ0n) is 9.77. The molecule has 0 unspecified atom stereocenters. The summed E-state index contributed by atoms with van der Waals surface area (Å²) in [7, 11) is 0. The molecule has 0 aliphatic carbocycles. The van der Waals surface area contributed by atoms with E-state index in [0.717, 1.165) is 22.5 Å². The second kappa shape index (κ2) is 5.03. The van der Waals surface area contributed by atoms with E-state index in [1.165, 1.54) is 0 Å². The van der Waals surface area contributed by atoms with Crippen LogP contribution in [0.3, 0.4) is 0 Å². The van der Waals surface area contributed by atoms with E-state index in [2.05, 4.69) is 15.0 Å². The van der Waals surface area contributed by atoms with Gasteiger partial charge in [-0.15, -0.1) is 0 Å². The Hall–Kier alpha value is -1.84. The highest BCUT2D eigenvalue weighted by Gasteiger charge is 2.06. The van der Waals surface area contributed by atoms with Crippen molar-refractivity contribution in [3.63, 3.8) is 0 Å². The number of aromatic nitrogens is 3. The molecular weight excluding hydrogens is 281 g/mol. The van der Waals surface area contributed by atoms with Gasteiger partial charge < -0.3 is 4.98 Å². The highest BCUT2D eigenvalue weighted by atomic mass is 35.5. The first kappa shape index (κ1) is 12.2. The van der Waals surface area contributed by atoms with Gasteiger partial charge in [-0.1, -0.05) is 23.2 Å². The van der Waals surface area contributed by atoms with Crippen LogP contribution in [0, 0.1) is 0 Å². The summed E-state index contributed by atoms with van der Waals surface area (Å²) in [5.41, 5.74) is 3.58. The smallest absolute Gasteiger partial charge is 0.0924 e. The second-order valence-corrected chi connectivity index (χ2v) is 4.87. The molecule has 1 N–H and O–H groups in total. The predicted molar refractivity (Wildman–Crippen MR) is 77.3 cm³/mol. The van der Waals surface area contributed by atoms with Crippen LogP contribution in [0.1, 0.15) is 0 Å². The zero-order chi connectivity index (χ0) is 13.2. The van der Waals surface area contributed by atoms with Gasteiger partial charge in [-0.2, -0.15) is 0 Å². The number of imidazole rings is 1. The lowest BCUT2D eigenvalue weighted by molar-refractivity contribution is 1.29. The first-order valence-corrected chi connectivity index (χ1v) is 6.40. The Morgan fingerprint density at radius 3 is 2.53 bits per heavy atom. The highest BCUT2D eigenvalue weighted by molar-refractivity contribution is 6.36. The molecule has 0 aliphatic heterocycles. The average molecular weight is 290 g/mol. The Morgan fingerprint density at radius 1 is 1.00 bits per heavy atom. The van der Waals surface area contributed by atoms with E-state index < -0.39 is 0 Å². The van der Waals surface area contributed by atoms with Crippen LogP contribution in [0.4, 0.5) is 0 Å². The first-order chi connectivity index (χ1) is 9.24. The van der Waals surface area contributed by atoms with Gasteiger partial charge in [0.05, 0.1) is 28.9 Å². The van der Waals surface area contributed by atoms with Gasteiger partial charge in [-0.05, 0) is 30.3 Å². The van der Waals surface area contributed by atoms with Crippen molar-refractivity contribution in [2.45, 2.75) is 0 Å². The van der Waals surface area contributed by atoms with Crippen molar-refractivity contribution in [1.82, 2.24) is 15.0 Å². The van der Waals surface area contributed by atoms with Crippen LogP contribution in [0.15, 0.2) is 49.1 Å². The minimum Gasteiger partial charge on any atom is -0.345 e. The maximum absolute atomic E-state index is 6.16. The van der Waals surface area contributed by atoms with Crippen molar-refractivity contribution >= 4 is 23.2 Å². The minimum atomic E-state index is 0.592. The van der Waals surface area contributed by atoms with E-state index in [-0.39, 0.29) is 0 Å². The van der Waals surface area contributed by atoms with E-state index in [4.69, 9.17) is 23.2 Å². The molecule has 2 aromatic heterocycles. The Labute approximate surface area is 120 Å². The van der Waals surface area contributed by atoms with Crippen molar-refractivity contribution in [2.24, 2.45) is 0 Å². The van der Waals surface area contributed by atoms with Crippen molar-refractivity contribution in [3.05, 3.63) is 59.1 Å². The van der Waals surface area contributed by atoms with E-state index in [0.29, 0.717) is 10.0 Å². The van der Waals surface area contributed by atoms with Crippen LogP contribution in [-0.4, -0.2) is 15.0 Å². The molecule has 0 spiro atoms. The van der Waals surface area contributed by atoms with E-state index in [1.54, 1.807) is 30.9 Å². The van der Waals surface area contributed by atoms with Gasteiger partial charge in [0.15, 0.2) is 0 Å². The van der Waals surface area contributed by atoms with E-state index in [1.807, 2.05) is 18.2 Å². The molecule has 0 radical (unpaired) electrons. The molecule has 5 heteroatoms. The topological polar surface area (TPSA) is 41.6 Å². The number of benzene rings is 1. The number of nitrogens with one attached hydrogen (secondary N) is 1. The number of H-pyrrole nitrogens is 1. The largest absolute Gasteiger partial charge is 0.345 e. The summed E-state index contributed by atoms with van der Waals surface area (Å²) in [6.45, 7) is 0. The Bertz CT molecular complexity index is 691. The molecule has 94 valence electrons. The summed E-state index contributed by atoms with van der Waals surface area (Å²) in [5.74, 6) is 0. The molecule has 2 heterocycles.